The molecule has 0 aliphatic carbocycles. The first-order valence-electron chi connectivity index (χ1n) is 11.3. The molecule has 0 radical (unpaired) electrons. The Morgan fingerprint density at radius 3 is 2.71 bits per heavy atom. The minimum absolute atomic E-state index is 0.176. The maximum absolute atomic E-state index is 6.16. The van der Waals surface area contributed by atoms with Crippen molar-refractivity contribution in [2.24, 2.45) is 0 Å². The van der Waals surface area contributed by atoms with Crippen LogP contribution in [0.3, 0.4) is 0 Å². The molecule has 1 fully saturated rings. The number of likely N-dealkylation sites (tertiary alicyclic amines) is 1. The second-order valence-corrected chi connectivity index (χ2v) is 8.26. The summed E-state index contributed by atoms with van der Waals surface area (Å²) in [4.78, 5) is 5.04. The monoisotopic (exact) mass is 422 g/mol. The Morgan fingerprint density at radius 2 is 1.94 bits per heavy atom. The molecule has 5 heteroatoms. The summed E-state index contributed by atoms with van der Waals surface area (Å²) in [5.41, 5.74) is 2.44. The van der Waals surface area contributed by atoms with Gasteiger partial charge in [0.2, 0.25) is 0 Å². The minimum atomic E-state index is 0.176. The van der Waals surface area contributed by atoms with Gasteiger partial charge >= 0.3 is 0 Å². The number of ether oxygens (including phenoxy) is 3. The Balaban J connectivity index is 1.59. The van der Waals surface area contributed by atoms with E-state index in [2.05, 4.69) is 64.4 Å². The van der Waals surface area contributed by atoms with Gasteiger partial charge in [-0.05, 0) is 31.0 Å². The quantitative estimate of drug-likeness (QED) is 0.444. The summed E-state index contributed by atoms with van der Waals surface area (Å²) >= 11 is 0. The molecule has 0 N–H and O–H groups in total. The molecule has 0 saturated carbocycles. The van der Waals surface area contributed by atoms with E-state index in [9.17, 15) is 0 Å². The third-order valence-electron chi connectivity index (χ3n) is 6.33. The van der Waals surface area contributed by atoms with Crippen LogP contribution >= 0.6 is 0 Å². The fourth-order valence-corrected chi connectivity index (χ4v) is 4.57. The van der Waals surface area contributed by atoms with Crippen LogP contribution < -0.4 is 9.64 Å². The fourth-order valence-electron chi connectivity index (χ4n) is 4.57. The summed E-state index contributed by atoms with van der Waals surface area (Å²) in [5.74, 6) is 0.958. The van der Waals surface area contributed by atoms with Crippen LogP contribution in [-0.2, 0) is 9.47 Å². The molecule has 3 atom stereocenters. The molecule has 2 heterocycles. The molecule has 5 nitrogen and oxygen atoms in total. The normalized spacial score (nSPS) is 22.5. The average Bonchev–Trinajstić information content (AvgIpc) is 3.31. The molecule has 0 amide bonds. The third kappa shape index (κ3) is 5.29. The van der Waals surface area contributed by atoms with Crippen molar-refractivity contribution in [3.05, 3.63) is 72.3 Å². The van der Waals surface area contributed by atoms with Crippen molar-refractivity contribution in [1.82, 2.24) is 4.90 Å². The zero-order valence-corrected chi connectivity index (χ0v) is 18.7. The number of rotatable bonds is 9. The first kappa shape index (κ1) is 21.9. The number of methoxy groups -OCH3 is 1. The van der Waals surface area contributed by atoms with E-state index in [1.807, 2.05) is 26.2 Å². The second-order valence-electron chi connectivity index (χ2n) is 8.26. The number of nitrogens with zero attached hydrogens (tertiary/aromatic N) is 2. The Labute approximate surface area is 186 Å². The van der Waals surface area contributed by atoms with Crippen molar-refractivity contribution in [2.45, 2.75) is 31.5 Å². The van der Waals surface area contributed by atoms with Crippen LogP contribution in [0, 0.1) is 0 Å². The lowest BCUT2D eigenvalue weighted by Crippen LogP contribution is -2.49. The molecule has 31 heavy (non-hydrogen) atoms. The van der Waals surface area contributed by atoms with E-state index < -0.39 is 0 Å². The van der Waals surface area contributed by atoms with Crippen LogP contribution in [0.15, 0.2) is 66.7 Å². The zero-order valence-electron chi connectivity index (χ0n) is 18.7. The van der Waals surface area contributed by atoms with Gasteiger partial charge in [0.15, 0.2) is 0 Å². The van der Waals surface area contributed by atoms with Gasteiger partial charge in [-0.15, -0.1) is 0 Å². The molecule has 4 rings (SSSR count). The number of anilines is 1. The van der Waals surface area contributed by atoms with E-state index in [1.54, 1.807) is 0 Å². The SMILES string of the molecule is CC=CCOCC(CN1c2ccccc2OCC1c1ccccc1)N1CCC(OC)C1. The average molecular weight is 423 g/mol. The molecule has 2 aromatic carbocycles. The van der Waals surface area contributed by atoms with Gasteiger partial charge in [0, 0.05) is 26.7 Å². The molecule has 2 aliphatic rings. The lowest BCUT2D eigenvalue weighted by atomic mass is 10.0. The van der Waals surface area contributed by atoms with E-state index in [0.717, 1.165) is 37.5 Å². The molecule has 2 aliphatic heterocycles. The lowest BCUT2D eigenvalue weighted by molar-refractivity contribution is 0.0661. The molecule has 1 saturated heterocycles. The zero-order chi connectivity index (χ0) is 21.5. The van der Waals surface area contributed by atoms with Crippen LogP contribution in [0.5, 0.6) is 5.75 Å². The minimum Gasteiger partial charge on any atom is -0.489 e. The molecule has 3 unspecified atom stereocenters. The number of hydrogen-bond acceptors (Lipinski definition) is 5. The largest absolute Gasteiger partial charge is 0.489 e. The Kier molecular flexibility index (Phi) is 7.62. The first-order valence-corrected chi connectivity index (χ1v) is 11.3. The van der Waals surface area contributed by atoms with Gasteiger partial charge < -0.3 is 19.1 Å². The van der Waals surface area contributed by atoms with Crippen molar-refractivity contribution >= 4 is 5.69 Å². The number of para-hydroxylation sites is 2. The maximum atomic E-state index is 6.16. The van der Waals surface area contributed by atoms with E-state index in [4.69, 9.17) is 14.2 Å². The van der Waals surface area contributed by atoms with Crippen molar-refractivity contribution in [3.8, 4) is 5.75 Å². The smallest absolute Gasteiger partial charge is 0.142 e. The van der Waals surface area contributed by atoms with Gasteiger partial charge in [-0.3, -0.25) is 4.90 Å². The fraction of sp³-hybridized carbons (Fsp3) is 0.462. The van der Waals surface area contributed by atoms with Crippen molar-refractivity contribution in [1.29, 1.82) is 0 Å². The molecule has 166 valence electrons. The van der Waals surface area contributed by atoms with Crippen LogP contribution in [0.4, 0.5) is 5.69 Å². The number of hydrogen-bond donors (Lipinski definition) is 0. The van der Waals surface area contributed by atoms with Gasteiger partial charge in [0.1, 0.15) is 12.4 Å². The molecular weight excluding hydrogens is 388 g/mol. The highest BCUT2D eigenvalue weighted by molar-refractivity contribution is 5.61. The van der Waals surface area contributed by atoms with Crippen LogP contribution in [0.25, 0.3) is 0 Å². The summed E-state index contributed by atoms with van der Waals surface area (Å²) in [7, 11) is 1.81. The molecular formula is C26H34N2O3. The molecule has 2 aromatic rings. The standard InChI is InChI=1S/C26H34N2O3/c1-3-4-16-30-19-22(27-15-14-23(18-27)29-2)17-28-24-12-8-9-13-26(24)31-20-25(28)21-10-6-5-7-11-21/h3-13,22-23,25H,14-20H2,1-2H3. The van der Waals surface area contributed by atoms with Gasteiger partial charge in [0.05, 0.1) is 37.1 Å². The van der Waals surface area contributed by atoms with Crippen molar-refractivity contribution in [2.75, 3.05) is 51.5 Å². The number of allylic oxidation sites excluding steroid dienone is 1. The Bertz CT molecular complexity index is 842. The van der Waals surface area contributed by atoms with Gasteiger partial charge in [-0.1, -0.05) is 54.6 Å². The Hall–Kier alpha value is -2.34. The third-order valence-corrected chi connectivity index (χ3v) is 6.33. The van der Waals surface area contributed by atoms with E-state index in [-0.39, 0.29) is 12.1 Å². The highest BCUT2D eigenvalue weighted by atomic mass is 16.5. The summed E-state index contributed by atoms with van der Waals surface area (Å²) in [5, 5.41) is 0. The van der Waals surface area contributed by atoms with Crippen LogP contribution in [0.2, 0.25) is 0 Å². The lowest BCUT2D eigenvalue weighted by Gasteiger charge is -2.42. The predicted octanol–water partition coefficient (Wildman–Crippen LogP) is 4.31. The molecule has 0 spiro atoms. The first-order chi connectivity index (χ1) is 15.3. The summed E-state index contributed by atoms with van der Waals surface area (Å²) in [6, 6.07) is 19.5. The highest BCUT2D eigenvalue weighted by Gasteiger charge is 2.34. The topological polar surface area (TPSA) is 34.2 Å². The number of benzene rings is 2. The van der Waals surface area contributed by atoms with E-state index >= 15 is 0 Å². The second kappa shape index (κ2) is 10.8. The van der Waals surface area contributed by atoms with Gasteiger partial charge in [0.25, 0.3) is 0 Å². The summed E-state index contributed by atoms with van der Waals surface area (Å²) in [6.07, 6.45) is 5.48. The van der Waals surface area contributed by atoms with Gasteiger partial charge in [-0.25, -0.2) is 0 Å². The molecule has 0 aromatic heterocycles. The predicted molar refractivity (Wildman–Crippen MR) is 125 cm³/mol. The number of fused-ring (bicyclic) bond motifs is 1. The maximum Gasteiger partial charge on any atom is 0.142 e. The molecule has 0 bridgehead atoms. The van der Waals surface area contributed by atoms with Crippen LogP contribution in [0.1, 0.15) is 24.9 Å². The van der Waals surface area contributed by atoms with E-state index in [1.165, 1.54) is 5.56 Å². The highest BCUT2D eigenvalue weighted by Crippen LogP contribution is 2.39. The Morgan fingerprint density at radius 1 is 1.13 bits per heavy atom. The van der Waals surface area contributed by atoms with Gasteiger partial charge in [-0.2, -0.15) is 0 Å². The summed E-state index contributed by atoms with van der Waals surface area (Å²) < 4.78 is 17.9. The summed E-state index contributed by atoms with van der Waals surface area (Å²) in [6.45, 7) is 6.89. The van der Waals surface area contributed by atoms with Crippen LogP contribution in [-0.4, -0.2) is 63.6 Å². The van der Waals surface area contributed by atoms with E-state index in [0.29, 0.717) is 25.9 Å². The van der Waals surface area contributed by atoms with Crippen molar-refractivity contribution in [3.63, 3.8) is 0 Å². The van der Waals surface area contributed by atoms with Crippen molar-refractivity contribution < 1.29 is 14.2 Å².